The van der Waals surface area contributed by atoms with Crippen LogP contribution in [0.1, 0.15) is 120 Å². The lowest BCUT2D eigenvalue weighted by atomic mass is 9.47. The standard InChI is InChI=1S/C33H58O2Si/c1-23(13-12-21-31(5,6)34)26-18-19-27-25-17-16-24-14-11-15-29(35-36(9,10)30(2,3)4)33(24,8)28(25)20-22-32(26,27)7/h15-16,23,25-28,34H,11-14,17-22H2,1-10H3/t23-,25+,26-,27+,28+,32-,33+/m1/s1. The van der Waals surface area contributed by atoms with Crippen molar-refractivity contribution in [2.45, 2.75) is 143 Å². The van der Waals surface area contributed by atoms with Crippen molar-refractivity contribution >= 4 is 8.32 Å². The summed E-state index contributed by atoms with van der Waals surface area (Å²) >= 11 is 0. The van der Waals surface area contributed by atoms with Crippen LogP contribution in [0.5, 0.6) is 0 Å². The van der Waals surface area contributed by atoms with E-state index in [9.17, 15) is 5.11 Å². The molecule has 2 nitrogen and oxygen atoms in total. The van der Waals surface area contributed by atoms with Crippen LogP contribution in [0.15, 0.2) is 23.5 Å². The lowest BCUT2D eigenvalue weighted by Crippen LogP contribution is -2.52. The first-order valence-corrected chi connectivity index (χ1v) is 18.2. The second-order valence-electron chi connectivity index (χ2n) is 15.9. The van der Waals surface area contributed by atoms with Crippen LogP contribution in [0.2, 0.25) is 18.1 Å². The highest BCUT2D eigenvalue weighted by atomic mass is 28.4. The molecule has 0 aromatic rings. The first-order chi connectivity index (χ1) is 16.5. The van der Waals surface area contributed by atoms with Gasteiger partial charge in [-0.05, 0) is 131 Å². The number of hydrogen-bond donors (Lipinski definition) is 1. The van der Waals surface area contributed by atoms with Crippen LogP contribution < -0.4 is 0 Å². The summed E-state index contributed by atoms with van der Waals surface area (Å²) in [5, 5.41) is 10.4. The van der Waals surface area contributed by atoms with Crippen LogP contribution in [0.25, 0.3) is 0 Å². The van der Waals surface area contributed by atoms with Gasteiger partial charge in [0.1, 0.15) is 0 Å². The molecule has 0 aromatic heterocycles. The van der Waals surface area contributed by atoms with Crippen LogP contribution in [0.4, 0.5) is 0 Å². The third-order valence-electron chi connectivity index (χ3n) is 12.1. The molecule has 4 aliphatic carbocycles. The maximum atomic E-state index is 10.2. The average molecular weight is 515 g/mol. The summed E-state index contributed by atoms with van der Waals surface area (Å²) < 4.78 is 7.17. The molecule has 0 aliphatic heterocycles. The largest absolute Gasteiger partial charge is 0.546 e. The average Bonchev–Trinajstić information content (AvgIpc) is 3.09. The summed E-state index contributed by atoms with van der Waals surface area (Å²) in [6.07, 6.45) is 17.7. The van der Waals surface area contributed by atoms with Gasteiger partial charge < -0.3 is 9.53 Å². The Morgan fingerprint density at radius 2 is 1.75 bits per heavy atom. The van der Waals surface area contributed by atoms with Gasteiger partial charge >= 0.3 is 0 Å². The maximum Gasteiger partial charge on any atom is 0.250 e. The van der Waals surface area contributed by atoms with E-state index in [1.807, 2.05) is 13.8 Å². The topological polar surface area (TPSA) is 29.5 Å². The monoisotopic (exact) mass is 514 g/mol. The molecule has 4 rings (SSSR count). The molecule has 0 spiro atoms. The van der Waals surface area contributed by atoms with E-state index in [1.54, 1.807) is 5.57 Å². The van der Waals surface area contributed by atoms with Gasteiger partial charge in [0.2, 0.25) is 8.32 Å². The predicted octanol–water partition coefficient (Wildman–Crippen LogP) is 9.66. The molecular weight excluding hydrogens is 456 g/mol. The summed E-state index contributed by atoms with van der Waals surface area (Å²) in [7, 11) is -1.88. The fourth-order valence-electron chi connectivity index (χ4n) is 8.94. The van der Waals surface area contributed by atoms with Crippen LogP contribution in [-0.4, -0.2) is 19.0 Å². The van der Waals surface area contributed by atoms with Crippen LogP contribution in [0, 0.1) is 40.4 Å². The van der Waals surface area contributed by atoms with Crippen molar-refractivity contribution in [3.8, 4) is 0 Å². The number of hydrogen-bond acceptors (Lipinski definition) is 2. The van der Waals surface area contributed by atoms with Crippen molar-refractivity contribution in [2.75, 3.05) is 0 Å². The van der Waals surface area contributed by atoms with Crippen molar-refractivity contribution in [3.05, 3.63) is 23.5 Å². The SMILES string of the molecule is C[C@H](CCCC(C)(C)O)[C@H]1CC[C@H]2[C@@H]3CC=C4CCC=C(O[Si](C)(C)C(C)(C)C)[C@]4(C)[C@H]3CC[C@]12C. The second-order valence-corrected chi connectivity index (χ2v) is 20.6. The van der Waals surface area contributed by atoms with Gasteiger partial charge in [-0.25, -0.2) is 0 Å². The Bertz CT molecular complexity index is 871. The molecule has 0 aromatic carbocycles. The van der Waals surface area contributed by atoms with Gasteiger partial charge in [-0.2, -0.15) is 0 Å². The lowest BCUT2D eigenvalue weighted by molar-refractivity contribution is -0.0448. The zero-order chi connectivity index (χ0) is 26.7. The molecule has 4 aliphatic rings. The van der Waals surface area contributed by atoms with E-state index >= 15 is 0 Å². The Kier molecular flexibility index (Phi) is 7.57. The van der Waals surface area contributed by atoms with E-state index in [4.69, 9.17) is 4.43 Å². The molecule has 1 N–H and O–H groups in total. The van der Waals surface area contributed by atoms with E-state index in [2.05, 4.69) is 66.8 Å². The van der Waals surface area contributed by atoms with Gasteiger partial charge in [0.05, 0.1) is 11.4 Å². The number of fused-ring (bicyclic) bond motifs is 5. The minimum Gasteiger partial charge on any atom is -0.546 e. The van der Waals surface area contributed by atoms with Crippen molar-refractivity contribution in [2.24, 2.45) is 40.4 Å². The lowest BCUT2D eigenvalue weighted by Gasteiger charge is -2.58. The fourth-order valence-corrected chi connectivity index (χ4v) is 10.1. The maximum absolute atomic E-state index is 10.2. The quantitative estimate of drug-likeness (QED) is 0.271. The highest BCUT2D eigenvalue weighted by Crippen LogP contribution is 2.68. The molecule has 0 heterocycles. The summed E-state index contributed by atoms with van der Waals surface area (Å²) in [4.78, 5) is 0. The van der Waals surface area contributed by atoms with Gasteiger partial charge in [0.25, 0.3) is 0 Å². The Balaban J connectivity index is 1.55. The zero-order valence-corrected chi connectivity index (χ0v) is 26.5. The molecule has 7 atom stereocenters. The summed E-state index contributed by atoms with van der Waals surface area (Å²) in [6, 6.07) is 0. The minimum atomic E-state index is -1.88. The predicted molar refractivity (Wildman–Crippen MR) is 156 cm³/mol. The van der Waals surface area contributed by atoms with Gasteiger partial charge in [0, 0.05) is 5.41 Å². The highest BCUT2D eigenvalue weighted by Gasteiger charge is 2.60. The Morgan fingerprint density at radius 1 is 1.06 bits per heavy atom. The Morgan fingerprint density at radius 3 is 2.39 bits per heavy atom. The van der Waals surface area contributed by atoms with E-state index in [0.29, 0.717) is 5.41 Å². The Labute approximate surface area is 224 Å². The van der Waals surface area contributed by atoms with Crippen molar-refractivity contribution < 1.29 is 9.53 Å². The summed E-state index contributed by atoms with van der Waals surface area (Å²) in [5.41, 5.74) is 1.75. The molecule has 2 fully saturated rings. The van der Waals surface area contributed by atoms with Gasteiger partial charge in [0.15, 0.2) is 0 Å². The number of rotatable bonds is 7. The third kappa shape index (κ3) is 4.94. The molecule has 206 valence electrons. The van der Waals surface area contributed by atoms with Gasteiger partial charge in [-0.1, -0.05) is 59.1 Å². The third-order valence-corrected chi connectivity index (χ3v) is 16.5. The van der Waals surface area contributed by atoms with E-state index in [0.717, 1.165) is 48.9 Å². The Hall–Kier alpha value is -0.543. The normalized spacial score (nSPS) is 37.9. The highest BCUT2D eigenvalue weighted by molar-refractivity contribution is 6.74. The summed E-state index contributed by atoms with van der Waals surface area (Å²) in [6.45, 7) is 23.6. The zero-order valence-electron chi connectivity index (χ0n) is 25.5. The molecule has 3 heteroatoms. The summed E-state index contributed by atoms with van der Waals surface area (Å²) in [5.74, 6) is 5.33. The number of allylic oxidation sites excluding steroid dienone is 3. The molecule has 0 radical (unpaired) electrons. The molecule has 0 unspecified atom stereocenters. The van der Waals surface area contributed by atoms with Gasteiger partial charge in [-0.15, -0.1) is 0 Å². The molecule has 2 saturated carbocycles. The van der Waals surface area contributed by atoms with Crippen molar-refractivity contribution in [1.29, 1.82) is 0 Å². The minimum absolute atomic E-state index is 0.106. The molecule has 0 saturated heterocycles. The van der Waals surface area contributed by atoms with E-state index in [1.165, 1.54) is 50.7 Å². The first kappa shape index (κ1) is 28.5. The van der Waals surface area contributed by atoms with Crippen molar-refractivity contribution in [3.63, 3.8) is 0 Å². The molecule has 0 amide bonds. The fraction of sp³-hybridized carbons (Fsp3) is 0.879. The van der Waals surface area contributed by atoms with Crippen LogP contribution >= 0.6 is 0 Å². The smallest absolute Gasteiger partial charge is 0.250 e. The molecule has 36 heavy (non-hydrogen) atoms. The molecular formula is C33H58O2Si. The van der Waals surface area contributed by atoms with E-state index < -0.39 is 13.9 Å². The van der Waals surface area contributed by atoms with Crippen LogP contribution in [0.3, 0.4) is 0 Å². The molecule has 0 bridgehead atoms. The number of aliphatic hydroxyl groups is 1. The first-order valence-electron chi connectivity index (χ1n) is 15.3. The van der Waals surface area contributed by atoms with Gasteiger partial charge in [-0.3, -0.25) is 0 Å². The van der Waals surface area contributed by atoms with Crippen molar-refractivity contribution in [1.82, 2.24) is 0 Å². The van der Waals surface area contributed by atoms with Crippen LogP contribution in [-0.2, 0) is 4.43 Å². The van der Waals surface area contributed by atoms with E-state index in [-0.39, 0.29) is 10.5 Å². The second kappa shape index (κ2) is 9.58.